The van der Waals surface area contributed by atoms with Crippen molar-refractivity contribution in [3.05, 3.63) is 59.7 Å². The zero-order valence-electron chi connectivity index (χ0n) is 14.7. The van der Waals surface area contributed by atoms with Crippen LogP contribution in [0, 0.1) is 6.92 Å². The van der Waals surface area contributed by atoms with Crippen LogP contribution in [0.1, 0.15) is 30.0 Å². The van der Waals surface area contributed by atoms with E-state index in [1.165, 1.54) is 23.3 Å². The fraction of sp³-hybridized carbons (Fsp3) is 0.316. The van der Waals surface area contributed by atoms with Crippen molar-refractivity contribution in [2.45, 2.75) is 30.7 Å². The molecule has 2 aromatic rings. The highest BCUT2D eigenvalue weighted by atomic mass is 32.2. The number of hydrogen-bond acceptors (Lipinski definition) is 4. The average Bonchev–Trinajstić information content (AvgIpc) is 3.02. The number of carbonyl (C=O) groups is 1. The van der Waals surface area contributed by atoms with Crippen LogP contribution in [0.15, 0.2) is 53.4 Å². The molecule has 3 N–H and O–H groups in total. The molecule has 0 aliphatic carbocycles. The highest BCUT2D eigenvalue weighted by Crippen LogP contribution is 2.33. The van der Waals surface area contributed by atoms with Crippen LogP contribution < -0.4 is 10.5 Å². The third kappa shape index (κ3) is 4.30. The van der Waals surface area contributed by atoms with Gasteiger partial charge in [0.1, 0.15) is 0 Å². The number of nitrogens with two attached hydrogens (primary N) is 1. The van der Waals surface area contributed by atoms with E-state index in [0.29, 0.717) is 5.69 Å². The number of carbonyl (C=O) groups excluding carboxylic acids is 1. The minimum Gasteiger partial charge on any atom is -0.325 e. The number of amides is 1. The SMILES string of the molecule is Cc1ccccc1C1CCCN1CC(=O)Nc1cccc(S(N)(=O)=O)c1. The van der Waals surface area contributed by atoms with Crippen molar-refractivity contribution in [2.24, 2.45) is 5.14 Å². The van der Waals surface area contributed by atoms with E-state index in [9.17, 15) is 13.2 Å². The monoisotopic (exact) mass is 373 g/mol. The number of anilines is 1. The molecule has 6 nitrogen and oxygen atoms in total. The lowest BCUT2D eigenvalue weighted by Gasteiger charge is -2.25. The number of aryl methyl sites for hydroxylation is 1. The molecule has 3 rings (SSSR count). The molecule has 0 bridgehead atoms. The van der Waals surface area contributed by atoms with E-state index in [-0.39, 0.29) is 23.4 Å². The fourth-order valence-electron chi connectivity index (χ4n) is 3.46. The molecule has 1 fully saturated rings. The van der Waals surface area contributed by atoms with Gasteiger partial charge in [-0.15, -0.1) is 0 Å². The van der Waals surface area contributed by atoms with Crippen LogP contribution in [-0.2, 0) is 14.8 Å². The van der Waals surface area contributed by atoms with Gasteiger partial charge in [-0.2, -0.15) is 0 Å². The summed E-state index contributed by atoms with van der Waals surface area (Å²) in [5.41, 5.74) is 2.91. The van der Waals surface area contributed by atoms with E-state index in [1.54, 1.807) is 12.1 Å². The van der Waals surface area contributed by atoms with Gasteiger partial charge >= 0.3 is 0 Å². The summed E-state index contributed by atoms with van der Waals surface area (Å²) < 4.78 is 22.9. The highest BCUT2D eigenvalue weighted by Gasteiger charge is 2.28. The van der Waals surface area contributed by atoms with Gasteiger partial charge < -0.3 is 5.32 Å². The molecule has 0 saturated carbocycles. The number of hydrogen-bond donors (Lipinski definition) is 2. The summed E-state index contributed by atoms with van der Waals surface area (Å²) in [7, 11) is -3.79. The minimum absolute atomic E-state index is 0.0192. The summed E-state index contributed by atoms with van der Waals surface area (Å²) in [6, 6.07) is 14.5. The molecule has 7 heteroatoms. The maximum absolute atomic E-state index is 12.5. The number of primary sulfonamides is 1. The Morgan fingerprint density at radius 3 is 2.73 bits per heavy atom. The minimum atomic E-state index is -3.79. The van der Waals surface area contributed by atoms with E-state index < -0.39 is 10.0 Å². The fourth-order valence-corrected chi connectivity index (χ4v) is 4.02. The predicted molar refractivity (Wildman–Crippen MR) is 101 cm³/mol. The first-order valence-corrected chi connectivity index (χ1v) is 10.1. The van der Waals surface area contributed by atoms with Gasteiger partial charge in [-0.1, -0.05) is 30.3 Å². The molecule has 1 unspecified atom stereocenters. The predicted octanol–water partition coefficient (Wildman–Crippen LogP) is 2.42. The van der Waals surface area contributed by atoms with Crippen LogP contribution in [0.4, 0.5) is 5.69 Å². The van der Waals surface area contributed by atoms with Gasteiger partial charge in [0.15, 0.2) is 0 Å². The number of likely N-dealkylation sites (tertiary alicyclic amines) is 1. The number of sulfonamides is 1. The Bertz CT molecular complexity index is 912. The third-order valence-electron chi connectivity index (χ3n) is 4.70. The van der Waals surface area contributed by atoms with Gasteiger partial charge in [0.05, 0.1) is 11.4 Å². The molecule has 0 spiro atoms. The second-order valence-electron chi connectivity index (χ2n) is 6.61. The second-order valence-corrected chi connectivity index (χ2v) is 8.17. The molecule has 1 saturated heterocycles. The van der Waals surface area contributed by atoms with E-state index in [2.05, 4.69) is 29.3 Å². The Kier molecular flexibility index (Phi) is 5.41. The topological polar surface area (TPSA) is 92.5 Å². The molecule has 0 radical (unpaired) electrons. The Hall–Kier alpha value is -2.22. The van der Waals surface area contributed by atoms with E-state index in [4.69, 9.17) is 5.14 Å². The van der Waals surface area contributed by atoms with Crippen molar-refractivity contribution in [3.63, 3.8) is 0 Å². The molecule has 2 aromatic carbocycles. The van der Waals surface area contributed by atoms with Crippen LogP contribution in [0.3, 0.4) is 0 Å². The van der Waals surface area contributed by atoms with Gasteiger partial charge in [0.25, 0.3) is 0 Å². The van der Waals surface area contributed by atoms with Gasteiger partial charge in [-0.3, -0.25) is 9.69 Å². The Balaban J connectivity index is 1.69. The van der Waals surface area contributed by atoms with Gasteiger partial charge in [0.2, 0.25) is 15.9 Å². The standard InChI is InChI=1S/C19H23N3O3S/c1-14-6-2-3-9-17(14)18-10-5-11-22(18)13-19(23)21-15-7-4-8-16(12-15)26(20,24)25/h2-4,6-9,12,18H,5,10-11,13H2,1H3,(H,21,23)(H2,20,24,25). The molecular formula is C19H23N3O3S. The summed E-state index contributed by atoms with van der Waals surface area (Å²) >= 11 is 0. The average molecular weight is 373 g/mol. The van der Waals surface area contributed by atoms with Crippen molar-refractivity contribution in [2.75, 3.05) is 18.4 Å². The van der Waals surface area contributed by atoms with Crippen LogP contribution in [-0.4, -0.2) is 32.3 Å². The third-order valence-corrected chi connectivity index (χ3v) is 5.62. The van der Waals surface area contributed by atoms with Crippen LogP contribution in [0.25, 0.3) is 0 Å². The molecule has 138 valence electrons. The molecule has 1 aliphatic heterocycles. The van der Waals surface area contributed by atoms with Crippen LogP contribution in [0.5, 0.6) is 0 Å². The van der Waals surface area contributed by atoms with Gasteiger partial charge in [-0.05, 0) is 55.6 Å². The zero-order valence-corrected chi connectivity index (χ0v) is 15.5. The van der Waals surface area contributed by atoms with E-state index in [1.807, 2.05) is 12.1 Å². The Labute approximate surface area is 154 Å². The number of nitrogens with one attached hydrogen (secondary N) is 1. The van der Waals surface area contributed by atoms with Gasteiger partial charge in [0, 0.05) is 11.7 Å². The first-order chi connectivity index (χ1) is 12.3. The molecule has 1 amide bonds. The largest absolute Gasteiger partial charge is 0.325 e. The molecular weight excluding hydrogens is 350 g/mol. The number of benzene rings is 2. The molecule has 0 aromatic heterocycles. The zero-order chi connectivity index (χ0) is 18.7. The molecule has 1 heterocycles. The Morgan fingerprint density at radius 1 is 1.23 bits per heavy atom. The lowest BCUT2D eigenvalue weighted by atomic mass is 9.99. The van der Waals surface area contributed by atoms with E-state index in [0.717, 1.165) is 19.4 Å². The normalized spacial score (nSPS) is 18.0. The van der Waals surface area contributed by atoms with Crippen molar-refractivity contribution >= 4 is 21.6 Å². The number of rotatable bonds is 5. The Morgan fingerprint density at radius 2 is 2.00 bits per heavy atom. The maximum Gasteiger partial charge on any atom is 0.238 e. The highest BCUT2D eigenvalue weighted by molar-refractivity contribution is 7.89. The van der Waals surface area contributed by atoms with Gasteiger partial charge in [-0.25, -0.2) is 13.6 Å². The maximum atomic E-state index is 12.5. The quantitative estimate of drug-likeness (QED) is 0.842. The summed E-state index contributed by atoms with van der Waals surface area (Å²) in [5.74, 6) is -0.169. The smallest absolute Gasteiger partial charge is 0.238 e. The first kappa shape index (κ1) is 18.6. The summed E-state index contributed by atoms with van der Waals surface area (Å²) in [5, 5.41) is 7.90. The lowest BCUT2D eigenvalue weighted by Crippen LogP contribution is -2.33. The number of nitrogens with zero attached hydrogens (tertiary/aromatic N) is 1. The lowest BCUT2D eigenvalue weighted by molar-refractivity contribution is -0.117. The van der Waals surface area contributed by atoms with Crippen LogP contribution in [0.2, 0.25) is 0 Å². The molecule has 26 heavy (non-hydrogen) atoms. The first-order valence-electron chi connectivity index (χ1n) is 8.57. The van der Waals surface area contributed by atoms with E-state index >= 15 is 0 Å². The summed E-state index contributed by atoms with van der Waals surface area (Å²) in [4.78, 5) is 14.6. The summed E-state index contributed by atoms with van der Waals surface area (Å²) in [6.07, 6.45) is 2.08. The van der Waals surface area contributed by atoms with Crippen LogP contribution >= 0.6 is 0 Å². The van der Waals surface area contributed by atoms with Crippen molar-refractivity contribution < 1.29 is 13.2 Å². The van der Waals surface area contributed by atoms with Crippen molar-refractivity contribution in [3.8, 4) is 0 Å². The van der Waals surface area contributed by atoms with Crippen molar-refractivity contribution in [1.29, 1.82) is 0 Å². The molecule has 1 atom stereocenters. The summed E-state index contributed by atoms with van der Waals surface area (Å²) in [6.45, 7) is 3.22. The molecule has 1 aliphatic rings. The van der Waals surface area contributed by atoms with Crippen molar-refractivity contribution in [1.82, 2.24) is 4.90 Å². The second kappa shape index (κ2) is 7.57.